The van der Waals surface area contributed by atoms with Gasteiger partial charge in [0.1, 0.15) is 0 Å². The summed E-state index contributed by atoms with van der Waals surface area (Å²) in [6, 6.07) is 6.37. The van der Waals surface area contributed by atoms with Crippen molar-refractivity contribution in [3.63, 3.8) is 0 Å². The molecular weight excluding hydrogens is 511 g/mol. The number of morpholine rings is 1. The van der Waals surface area contributed by atoms with Crippen molar-refractivity contribution in [1.82, 2.24) is 14.7 Å². The van der Waals surface area contributed by atoms with Crippen LogP contribution in [0.5, 0.6) is 0 Å². The molecule has 1 aromatic carbocycles. The first kappa shape index (κ1) is 38.2. The van der Waals surface area contributed by atoms with Crippen molar-refractivity contribution < 1.29 is 17.9 Å². The van der Waals surface area contributed by atoms with Gasteiger partial charge in [-0.25, -0.2) is 0 Å². The smallest absolute Gasteiger partial charge is 0.379 e. The Kier molecular flexibility index (Phi) is 19.2. The van der Waals surface area contributed by atoms with Crippen LogP contribution in [0.1, 0.15) is 73.4 Å². The SMILES string of the molecule is C/C=C(\C=C(/C)C(C)(C)C)N1CCN(CCN2CCOCC2)CC1.CC.CC.Cc1ccc(CC(F)(F)F)cc1. The molecule has 0 N–H and O–H groups in total. The van der Waals surface area contributed by atoms with Crippen LogP contribution in [0.15, 0.2) is 47.7 Å². The Morgan fingerprint density at radius 1 is 0.825 bits per heavy atom. The molecule has 4 nitrogen and oxygen atoms in total. The van der Waals surface area contributed by atoms with Gasteiger partial charge in [0.2, 0.25) is 0 Å². The molecule has 0 saturated carbocycles. The van der Waals surface area contributed by atoms with E-state index in [-0.39, 0.29) is 5.41 Å². The summed E-state index contributed by atoms with van der Waals surface area (Å²) < 4.78 is 41.0. The van der Waals surface area contributed by atoms with Gasteiger partial charge >= 0.3 is 6.18 Å². The summed E-state index contributed by atoms with van der Waals surface area (Å²) in [7, 11) is 0. The van der Waals surface area contributed by atoms with Gasteiger partial charge in [-0.1, -0.05) is 89.9 Å². The molecule has 7 heteroatoms. The number of rotatable bonds is 6. The molecule has 2 heterocycles. The molecule has 40 heavy (non-hydrogen) atoms. The van der Waals surface area contributed by atoms with Gasteiger partial charge in [0.05, 0.1) is 19.6 Å². The van der Waals surface area contributed by atoms with E-state index >= 15 is 0 Å². The molecule has 1 aromatic rings. The number of aryl methyl sites for hydroxylation is 1. The maximum atomic E-state index is 11.8. The zero-order valence-corrected chi connectivity index (χ0v) is 27.1. The molecule has 0 aromatic heterocycles. The highest BCUT2D eigenvalue weighted by molar-refractivity contribution is 5.25. The van der Waals surface area contributed by atoms with E-state index in [0.717, 1.165) is 45.0 Å². The predicted molar refractivity (Wildman–Crippen MR) is 166 cm³/mol. The lowest BCUT2D eigenvalue weighted by atomic mass is 9.87. The van der Waals surface area contributed by atoms with Gasteiger partial charge in [0.25, 0.3) is 0 Å². The van der Waals surface area contributed by atoms with Crippen molar-refractivity contribution in [3.05, 3.63) is 58.8 Å². The number of hydrogen-bond acceptors (Lipinski definition) is 4. The van der Waals surface area contributed by atoms with E-state index in [2.05, 4.69) is 61.5 Å². The molecule has 2 aliphatic heterocycles. The molecule has 0 atom stereocenters. The third kappa shape index (κ3) is 16.4. The number of nitrogens with zero attached hydrogens (tertiary/aromatic N) is 3. The molecular formula is C33H58F3N3O. The van der Waals surface area contributed by atoms with Gasteiger partial charge in [0.15, 0.2) is 0 Å². The predicted octanol–water partition coefficient (Wildman–Crippen LogP) is 7.98. The Labute approximate surface area is 244 Å². The highest BCUT2D eigenvalue weighted by atomic mass is 19.4. The van der Waals surface area contributed by atoms with Crippen LogP contribution >= 0.6 is 0 Å². The van der Waals surface area contributed by atoms with Crippen LogP contribution in [0.2, 0.25) is 0 Å². The van der Waals surface area contributed by atoms with Crippen LogP contribution in [-0.4, -0.2) is 86.4 Å². The van der Waals surface area contributed by atoms with Crippen molar-refractivity contribution in [3.8, 4) is 0 Å². The van der Waals surface area contributed by atoms with Gasteiger partial charge in [-0.15, -0.1) is 0 Å². The summed E-state index contributed by atoms with van der Waals surface area (Å²) in [5.74, 6) is 0. The number of piperazine rings is 1. The lowest BCUT2D eigenvalue weighted by Crippen LogP contribution is -2.48. The fourth-order valence-corrected chi connectivity index (χ4v) is 4.07. The first-order valence-corrected chi connectivity index (χ1v) is 15.1. The molecule has 0 spiro atoms. The second kappa shape index (κ2) is 20.1. The zero-order valence-electron chi connectivity index (χ0n) is 27.1. The van der Waals surface area contributed by atoms with E-state index in [1.165, 1.54) is 49.6 Å². The third-order valence-electron chi connectivity index (χ3n) is 6.94. The summed E-state index contributed by atoms with van der Waals surface area (Å²) in [6.07, 6.45) is -0.301. The Bertz CT molecular complexity index is 828. The van der Waals surface area contributed by atoms with Gasteiger partial charge in [-0.05, 0) is 37.8 Å². The van der Waals surface area contributed by atoms with Crippen LogP contribution < -0.4 is 0 Å². The highest BCUT2D eigenvalue weighted by Crippen LogP contribution is 2.26. The van der Waals surface area contributed by atoms with Crippen molar-refractivity contribution in [2.24, 2.45) is 5.41 Å². The number of allylic oxidation sites excluding steroid dienone is 3. The van der Waals surface area contributed by atoms with E-state index in [0.29, 0.717) is 5.56 Å². The molecule has 232 valence electrons. The molecule has 3 rings (SSSR count). The van der Waals surface area contributed by atoms with Crippen LogP contribution in [0.25, 0.3) is 0 Å². The molecule has 0 aliphatic carbocycles. The summed E-state index contributed by atoms with van der Waals surface area (Å²) in [4.78, 5) is 7.68. The summed E-state index contributed by atoms with van der Waals surface area (Å²) in [5.41, 5.74) is 4.36. The average Bonchev–Trinajstić information content (AvgIpc) is 2.94. The Morgan fingerprint density at radius 3 is 1.73 bits per heavy atom. The van der Waals surface area contributed by atoms with Gasteiger partial charge in [-0.3, -0.25) is 9.80 Å². The Morgan fingerprint density at radius 2 is 1.30 bits per heavy atom. The standard InChI is InChI=1S/C20H37N3O.C9H9F3.2C2H6/c1-6-19(17-18(2)20(3,4)5)23-11-9-21(10-12-23)7-8-22-13-15-24-16-14-22;1-7-2-4-8(5-3-7)6-9(10,11)12;2*1-2/h6,17H,7-16H2,1-5H3;2-5H,6H2,1H3;2*1-2H3/b18-17+,19-6+;;;. The number of benzene rings is 1. The maximum Gasteiger partial charge on any atom is 0.393 e. The van der Waals surface area contributed by atoms with Crippen LogP contribution in [-0.2, 0) is 11.2 Å². The third-order valence-corrected chi connectivity index (χ3v) is 6.94. The minimum absolute atomic E-state index is 0.244. The van der Waals surface area contributed by atoms with Crippen LogP contribution in [0, 0.1) is 12.3 Å². The molecule has 2 fully saturated rings. The van der Waals surface area contributed by atoms with Crippen molar-refractivity contribution in [2.45, 2.75) is 81.8 Å². The summed E-state index contributed by atoms with van der Waals surface area (Å²) in [5, 5.41) is 0. The Balaban J connectivity index is 0.000000797. The zero-order chi connectivity index (χ0) is 30.8. The lowest BCUT2D eigenvalue weighted by Gasteiger charge is -2.38. The molecule has 0 unspecified atom stereocenters. The molecule has 0 radical (unpaired) electrons. The van der Waals surface area contributed by atoms with Crippen molar-refractivity contribution in [1.29, 1.82) is 0 Å². The molecule has 2 aliphatic rings. The van der Waals surface area contributed by atoms with Gasteiger partial charge in [-0.2, -0.15) is 13.2 Å². The first-order chi connectivity index (χ1) is 18.9. The Hall–Kier alpha value is -1.83. The minimum atomic E-state index is -4.10. The van der Waals surface area contributed by atoms with E-state index < -0.39 is 12.6 Å². The second-order valence-electron chi connectivity index (χ2n) is 10.9. The quantitative estimate of drug-likeness (QED) is 0.323. The number of halogens is 3. The van der Waals surface area contributed by atoms with Crippen LogP contribution in [0.4, 0.5) is 13.2 Å². The fourth-order valence-electron chi connectivity index (χ4n) is 4.07. The van der Waals surface area contributed by atoms with Crippen LogP contribution in [0.3, 0.4) is 0 Å². The van der Waals surface area contributed by atoms with Gasteiger partial charge < -0.3 is 9.64 Å². The average molecular weight is 570 g/mol. The second-order valence-corrected chi connectivity index (χ2v) is 10.9. The van der Waals surface area contributed by atoms with E-state index in [1.807, 2.05) is 34.6 Å². The molecule has 0 amide bonds. The highest BCUT2D eigenvalue weighted by Gasteiger charge is 2.27. The van der Waals surface area contributed by atoms with E-state index in [9.17, 15) is 13.2 Å². The number of hydrogen-bond donors (Lipinski definition) is 0. The molecule has 0 bridgehead atoms. The summed E-state index contributed by atoms with van der Waals surface area (Å²) in [6.45, 7) is 32.1. The number of alkyl halides is 3. The lowest BCUT2D eigenvalue weighted by molar-refractivity contribution is -0.127. The van der Waals surface area contributed by atoms with Gasteiger partial charge in [0, 0.05) is 58.1 Å². The fraction of sp³-hybridized carbons (Fsp3) is 0.697. The minimum Gasteiger partial charge on any atom is -0.379 e. The topological polar surface area (TPSA) is 19.0 Å². The van der Waals surface area contributed by atoms with E-state index in [4.69, 9.17) is 4.74 Å². The maximum absolute atomic E-state index is 11.8. The van der Waals surface area contributed by atoms with E-state index in [1.54, 1.807) is 12.1 Å². The van der Waals surface area contributed by atoms with Crippen molar-refractivity contribution in [2.75, 3.05) is 65.6 Å². The largest absolute Gasteiger partial charge is 0.393 e. The summed E-state index contributed by atoms with van der Waals surface area (Å²) >= 11 is 0. The molecule has 2 saturated heterocycles. The van der Waals surface area contributed by atoms with Crippen molar-refractivity contribution >= 4 is 0 Å². The monoisotopic (exact) mass is 569 g/mol. The normalized spacial score (nSPS) is 17.6. The first-order valence-electron chi connectivity index (χ1n) is 15.1. The number of ether oxygens (including phenoxy) is 1.